The predicted octanol–water partition coefficient (Wildman–Crippen LogP) is 5.18. The molecule has 0 heterocycles. The molecule has 0 aliphatic rings. The van der Waals surface area contributed by atoms with Gasteiger partial charge in [0, 0.05) is 23.9 Å². The molecule has 3 aromatic carbocycles. The molecule has 0 aliphatic heterocycles. The van der Waals surface area contributed by atoms with E-state index in [2.05, 4.69) is 0 Å². The Bertz CT molecular complexity index is 1160. The van der Waals surface area contributed by atoms with Crippen LogP contribution in [0.1, 0.15) is 15.9 Å². The Balaban J connectivity index is 0.00000176. The van der Waals surface area contributed by atoms with E-state index in [-0.39, 0.29) is 11.3 Å². The first-order valence-corrected chi connectivity index (χ1v) is 8.67. The molecule has 32 heavy (non-hydrogen) atoms. The molecule has 3 aromatic rings. The molecule has 3 rings (SSSR count). The Morgan fingerprint density at radius 3 is 2.00 bits per heavy atom. The highest BCUT2D eigenvalue weighted by atomic mass is 19.1. The molecule has 0 unspecified atom stereocenters. The summed E-state index contributed by atoms with van der Waals surface area (Å²) in [5, 5.41) is 8.69. The van der Waals surface area contributed by atoms with Crippen LogP contribution in [-0.2, 0) is 0 Å². The number of anilines is 1. The van der Waals surface area contributed by atoms with Gasteiger partial charge >= 0.3 is 5.97 Å². The van der Waals surface area contributed by atoms with Gasteiger partial charge in [0.2, 0.25) is 0 Å². The van der Waals surface area contributed by atoms with Gasteiger partial charge in [-0.1, -0.05) is 0 Å². The minimum Gasteiger partial charge on any atom is -0.496 e. The number of hydrogen-bond donors (Lipinski definition) is 1. The standard InChI is InChI=1S/C21H12F4N2O3.CH3F/c1-29-19-6-11(27)2-3-13(19)21(28)30-12-7-17(24)20(18(25)8-12)10-4-15(22)14(9-26)16(23)5-10;1-2/h2-8H,27H2,1H3;1H3. The molecule has 0 bridgehead atoms. The molecule has 10 heteroatoms. The molecule has 0 aliphatic carbocycles. The van der Waals surface area contributed by atoms with Crippen molar-refractivity contribution in [1.82, 2.24) is 0 Å². The molecule has 0 atom stereocenters. The van der Waals surface area contributed by atoms with Gasteiger partial charge in [-0.25, -0.2) is 22.4 Å². The second-order valence-electron chi connectivity index (χ2n) is 6.04. The van der Waals surface area contributed by atoms with Crippen molar-refractivity contribution in [2.24, 2.45) is 0 Å². The zero-order chi connectivity index (χ0) is 24.0. The van der Waals surface area contributed by atoms with Gasteiger partial charge in [0.05, 0.1) is 19.9 Å². The average Bonchev–Trinajstić information content (AvgIpc) is 2.74. The van der Waals surface area contributed by atoms with Gasteiger partial charge in [-0.2, -0.15) is 5.26 Å². The van der Waals surface area contributed by atoms with Crippen molar-refractivity contribution in [3.05, 3.63) is 76.9 Å². The molecule has 0 fully saturated rings. The summed E-state index contributed by atoms with van der Waals surface area (Å²) in [5.74, 6) is -6.34. The number of nitrogens with zero attached hydrogens (tertiary/aromatic N) is 1. The summed E-state index contributed by atoms with van der Waals surface area (Å²) >= 11 is 0. The molecule has 0 radical (unpaired) electrons. The van der Waals surface area contributed by atoms with E-state index < -0.39 is 51.7 Å². The third-order valence-corrected chi connectivity index (χ3v) is 4.11. The molecular formula is C22H15F5N2O3. The lowest BCUT2D eigenvalue weighted by molar-refractivity contribution is 0.0730. The van der Waals surface area contributed by atoms with Crippen molar-refractivity contribution >= 4 is 11.7 Å². The fraction of sp³-hybridized carbons (Fsp3) is 0.0909. The minimum absolute atomic E-state index is 0.0344. The number of ether oxygens (including phenoxy) is 2. The number of benzene rings is 3. The number of methoxy groups -OCH3 is 1. The fourth-order valence-electron chi connectivity index (χ4n) is 2.75. The first kappa shape index (κ1) is 24.1. The van der Waals surface area contributed by atoms with E-state index in [0.717, 1.165) is 0 Å². The number of nitrogens with two attached hydrogens (primary N) is 1. The number of hydrogen-bond acceptors (Lipinski definition) is 5. The van der Waals surface area contributed by atoms with E-state index >= 15 is 0 Å². The molecule has 0 saturated heterocycles. The van der Waals surface area contributed by atoms with Gasteiger partial charge in [-0.05, 0) is 29.8 Å². The van der Waals surface area contributed by atoms with Crippen LogP contribution in [0.25, 0.3) is 11.1 Å². The maximum absolute atomic E-state index is 14.5. The smallest absolute Gasteiger partial charge is 0.347 e. The number of rotatable bonds is 4. The summed E-state index contributed by atoms with van der Waals surface area (Å²) in [4.78, 5) is 12.3. The largest absolute Gasteiger partial charge is 0.496 e. The fourth-order valence-corrected chi connectivity index (χ4v) is 2.75. The van der Waals surface area contributed by atoms with Gasteiger partial charge in [0.15, 0.2) is 0 Å². The SMILES string of the molecule is CF.COc1cc(N)ccc1C(=O)Oc1cc(F)c(-c2cc(F)c(C#N)c(F)c2)c(F)c1. The van der Waals surface area contributed by atoms with E-state index in [4.69, 9.17) is 20.5 Å². The maximum atomic E-state index is 14.5. The minimum atomic E-state index is -1.27. The number of carbonyl (C=O) groups is 1. The van der Waals surface area contributed by atoms with Gasteiger partial charge in [-0.15, -0.1) is 0 Å². The second-order valence-corrected chi connectivity index (χ2v) is 6.04. The molecule has 2 N–H and O–H groups in total. The van der Waals surface area contributed by atoms with Crippen LogP contribution in [0, 0.1) is 34.6 Å². The molecule has 0 saturated carbocycles. The summed E-state index contributed by atoms with van der Waals surface area (Å²) in [7, 11) is 1.80. The average molecular weight is 450 g/mol. The van der Waals surface area contributed by atoms with E-state index in [1.54, 1.807) is 0 Å². The van der Waals surface area contributed by atoms with E-state index in [1.165, 1.54) is 31.4 Å². The van der Waals surface area contributed by atoms with Gasteiger partial charge in [-0.3, -0.25) is 4.39 Å². The molecule has 0 amide bonds. The van der Waals surface area contributed by atoms with Crippen LogP contribution in [0.5, 0.6) is 11.5 Å². The van der Waals surface area contributed by atoms with Crippen LogP contribution < -0.4 is 15.2 Å². The first-order valence-electron chi connectivity index (χ1n) is 8.67. The lowest BCUT2D eigenvalue weighted by Gasteiger charge is -2.11. The van der Waals surface area contributed by atoms with Crippen molar-refractivity contribution in [1.29, 1.82) is 5.26 Å². The zero-order valence-corrected chi connectivity index (χ0v) is 16.7. The van der Waals surface area contributed by atoms with Crippen LogP contribution in [-0.4, -0.2) is 20.3 Å². The molecule has 0 aromatic heterocycles. The predicted molar refractivity (Wildman–Crippen MR) is 106 cm³/mol. The monoisotopic (exact) mass is 450 g/mol. The van der Waals surface area contributed by atoms with E-state index in [0.29, 0.717) is 37.1 Å². The van der Waals surface area contributed by atoms with Crippen LogP contribution in [0.3, 0.4) is 0 Å². The van der Waals surface area contributed by atoms with E-state index in [1.807, 2.05) is 0 Å². The number of nitrogen functional groups attached to an aromatic ring is 1. The lowest BCUT2D eigenvalue weighted by atomic mass is 10.0. The summed E-state index contributed by atoms with van der Waals surface area (Å²) in [6, 6.07) is 8.06. The Morgan fingerprint density at radius 1 is 0.938 bits per heavy atom. The molecule has 0 spiro atoms. The Labute approximate surface area is 179 Å². The molecule has 166 valence electrons. The highest BCUT2D eigenvalue weighted by molar-refractivity contribution is 5.94. The van der Waals surface area contributed by atoms with Gasteiger partial charge in [0.25, 0.3) is 0 Å². The summed E-state index contributed by atoms with van der Waals surface area (Å²) in [6.45, 7) is 0. The summed E-state index contributed by atoms with van der Waals surface area (Å²) in [5.41, 5.74) is 3.81. The third-order valence-electron chi connectivity index (χ3n) is 4.11. The first-order chi connectivity index (χ1) is 15.2. The number of nitriles is 1. The molecular weight excluding hydrogens is 435 g/mol. The Hall–Kier alpha value is -4.13. The van der Waals surface area contributed by atoms with Crippen LogP contribution in [0.15, 0.2) is 42.5 Å². The van der Waals surface area contributed by atoms with Gasteiger partial charge in [0.1, 0.15) is 52.0 Å². The van der Waals surface area contributed by atoms with Crippen molar-refractivity contribution < 1.29 is 36.2 Å². The van der Waals surface area contributed by atoms with E-state index in [9.17, 15) is 26.7 Å². The maximum Gasteiger partial charge on any atom is 0.347 e. The Kier molecular flexibility index (Phi) is 7.74. The number of carbonyl (C=O) groups excluding carboxylic acids is 1. The van der Waals surface area contributed by atoms with Crippen molar-refractivity contribution in [3.63, 3.8) is 0 Å². The van der Waals surface area contributed by atoms with Crippen molar-refractivity contribution in [3.8, 4) is 28.7 Å². The Morgan fingerprint density at radius 2 is 1.50 bits per heavy atom. The number of halogens is 5. The third kappa shape index (κ3) is 4.95. The molecule has 5 nitrogen and oxygen atoms in total. The second kappa shape index (κ2) is 10.3. The highest BCUT2D eigenvalue weighted by Gasteiger charge is 2.21. The highest BCUT2D eigenvalue weighted by Crippen LogP contribution is 2.32. The topological polar surface area (TPSA) is 85.3 Å². The number of esters is 1. The summed E-state index contributed by atoms with van der Waals surface area (Å²) in [6.07, 6.45) is 0. The van der Waals surface area contributed by atoms with Crippen LogP contribution in [0.4, 0.5) is 27.6 Å². The van der Waals surface area contributed by atoms with Crippen molar-refractivity contribution in [2.45, 2.75) is 0 Å². The summed E-state index contributed by atoms with van der Waals surface area (Å²) < 4.78 is 76.1. The number of alkyl halides is 1. The van der Waals surface area contributed by atoms with Crippen molar-refractivity contribution in [2.75, 3.05) is 20.0 Å². The normalized spacial score (nSPS) is 9.94. The van der Waals surface area contributed by atoms with Gasteiger partial charge < -0.3 is 15.2 Å². The van der Waals surface area contributed by atoms with Crippen LogP contribution in [0.2, 0.25) is 0 Å². The lowest BCUT2D eigenvalue weighted by Crippen LogP contribution is -2.11. The van der Waals surface area contributed by atoms with Crippen LogP contribution >= 0.6 is 0 Å². The zero-order valence-electron chi connectivity index (χ0n) is 16.7. The quantitative estimate of drug-likeness (QED) is 0.256.